The Hall–Kier alpha value is -2.68. The van der Waals surface area contributed by atoms with Crippen molar-refractivity contribution in [3.8, 4) is 11.4 Å². The van der Waals surface area contributed by atoms with Gasteiger partial charge in [0.2, 0.25) is 0 Å². The summed E-state index contributed by atoms with van der Waals surface area (Å²) in [4.78, 5) is 12.5. The van der Waals surface area contributed by atoms with E-state index in [2.05, 4.69) is 35.1 Å². The summed E-state index contributed by atoms with van der Waals surface area (Å²) in [6.45, 7) is 2.09. The molecule has 4 aromatic rings. The van der Waals surface area contributed by atoms with Crippen LogP contribution >= 0.6 is 0 Å². The lowest BCUT2D eigenvalue weighted by Gasteiger charge is -2.02. The molecular formula is C17H13N3. The Balaban J connectivity index is 2.01. The van der Waals surface area contributed by atoms with E-state index in [4.69, 9.17) is 4.98 Å². The summed E-state index contributed by atoms with van der Waals surface area (Å²) >= 11 is 0. The van der Waals surface area contributed by atoms with Gasteiger partial charge in [0.25, 0.3) is 0 Å². The number of imidazole rings is 1. The van der Waals surface area contributed by atoms with E-state index in [1.54, 1.807) is 0 Å². The highest BCUT2D eigenvalue weighted by Gasteiger charge is 2.09. The quantitative estimate of drug-likeness (QED) is 0.559. The molecule has 3 nitrogen and oxygen atoms in total. The SMILES string of the molecule is Cc1ccc2nc(-c3ccnc4ccccc34)[nH]c2c1. The average molecular weight is 259 g/mol. The molecule has 0 aliphatic rings. The molecule has 20 heavy (non-hydrogen) atoms. The maximum absolute atomic E-state index is 4.69. The lowest BCUT2D eigenvalue weighted by Crippen LogP contribution is -1.85. The summed E-state index contributed by atoms with van der Waals surface area (Å²) in [6.07, 6.45) is 1.83. The molecule has 0 atom stereocenters. The molecule has 3 heteroatoms. The van der Waals surface area contributed by atoms with Crippen molar-refractivity contribution in [3.05, 3.63) is 60.3 Å². The maximum Gasteiger partial charge on any atom is 0.139 e. The number of aryl methyl sites for hydroxylation is 1. The minimum absolute atomic E-state index is 0.893. The third kappa shape index (κ3) is 1.67. The van der Waals surface area contributed by atoms with E-state index >= 15 is 0 Å². The van der Waals surface area contributed by atoms with Gasteiger partial charge in [0.15, 0.2) is 0 Å². The Morgan fingerprint density at radius 1 is 0.950 bits per heavy atom. The number of pyridine rings is 1. The molecule has 2 heterocycles. The highest BCUT2D eigenvalue weighted by Crippen LogP contribution is 2.27. The molecule has 0 aliphatic heterocycles. The molecule has 0 radical (unpaired) electrons. The predicted octanol–water partition coefficient (Wildman–Crippen LogP) is 4.09. The van der Waals surface area contributed by atoms with Gasteiger partial charge in [0, 0.05) is 17.1 Å². The van der Waals surface area contributed by atoms with Crippen molar-refractivity contribution in [2.75, 3.05) is 0 Å². The summed E-state index contributed by atoms with van der Waals surface area (Å²) in [5.41, 5.74) is 5.37. The molecule has 0 unspecified atom stereocenters. The number of aromatic nitrogens is 3. The standard InChI is InChI=1S/C17H13N3/c1-11-6-7-15-16(10-11)20-17(19-15)13-8-9-18-14-5-3-2-4-12(13)14/h2-10H,1H3,(H,19,20). The third-order valence-electron chi connectivity index (χ3n) is 3.54. The number of nitrogens with zero attached hydrogens (tertiary/aromatic N) is 2. The first kappa shape index (κ1) is 11.2. The van der Waals surface area contributed by atoms with Crippen molar-refractivity contribution < 1.29 is 0 Å². The highest BCUT2D eigenvalue weighted by atomic mass is 14.9. The fourth-order valence-electron chi connectivity index (χ4n) is 2.55. The van der Waals surface area contributed by atoms with E-state index < -0.39 is 0 Å². The smallest absolute Gasteiger partial charge is 0.139 e. The van der Waals surface area contributed by atoms with Crippen LogP contribution in [-0.4, -0.2) is 15.0 Å². The van der Waals surface area contributed by atoms with Gasteiger partial charge in [0.05, 0.1) is 16.6 Å². The van der Waals surface area contributed by atoms with Crippen LogP contribution in [0.4, 0.5) is 0 Å². The topological polar surface area (TPSA) is 41.6 Å². The zero-order valence-electron chi connectivity index (χ0n) is 11.1. The van der Waals surface area contributed by atoms with Crippen molar-refractivity contribution in [2.24, 2.45) is 0 Å². The number of fused-ring (bicyclic) bond motifs is 2. The van der Waals surface area contributed by atoms with Gasteiger partial charge >= 0.3 is 0 Å². The van der Waals surface area contributed by atoms with Crippen LogP contribution in [0.15, 0.2) is 54.7 Å². The van der Waals surface area contributed by atoms with Crippen LogP contribution in [0.3, 0.4) is 0 Å². The van der Waals surface area contributed by atoms with Crippen LogP contribution in [0, 0.1) is 6.92 Å². The normalized spacial score (nSPS) is 11.2. The van der Waals surface area contributed by atoms with Crippen molar-refractivity contribution >= 4 is 21.9 Å². The number of H-pyrrole nitrogens is 1. The van der Waals surface area contributed by atoms with Gasteiger partial charge in [-0.15, -0.1) is 0 Å². The van der Waals surface area contributed by atoms with Crippen molar-refractivity contribution in [1.82, 2.24) is 15.0 Å². The van der Waals surface area contributed by atoms with E-state index in [0.29, 0.717) is 0 Å². The van der Waals surface area contributed by atoms with Gasteiger partial charge in [-0.3, -0.25) is 4.98 Å². The van der Waals surface area contributed by atoms with E-state index in [0.717, 1.165) is 33.3 Å². The second-order valence-corrected chi connectivity index (χ2v) is 4.98. The maximum atomic E-state index is 4.69. The molecule has 96 valence electrons. The predicted molar refractivity (Wildman–Crippen MR) is 81.6 cm³/mol. The summed E-state index contributed by atoms with van der Waals surface area (Å²) in [6, 6.07) is 16.4. The van der Waals surface area contributed by atoms with Crippen LogP contribution < -0.4 is 0 Å². The second-order valence-electron chi connectivity index (χ2n) is 4.98. The molecular weight excluding hydrogens is 246 g/mol. The van der Waals surface area contributed by atoms with Gasteiger partial charge in [0.1, 0.15) is 5.82 Å². The fourth-order valence-corrected chi connectivity index (χ4v) is 2.55. The molecule has 0 saturated heterocycles. The Morgan fingerprint density at radius 2 is 1.85 bits per heavy atom. The van der Waals surface area contributed by atoms with Crippen LogP contribution in [0.1, 0.15) is 5.56 Å². The van der Waals surface area contributed by atoms with Crippen LogP contribution in [0.5, 0.6) is 0 Å². The molecule has 0 fully saturated rings. The lowest BCUT2D eigenvalue weighted by molar-refractivity contribution is 1.33. The summed E-state index contributed by atoms with van der Waals surface area (Å²) < 4.78 is 0. The number of nitrogens with one attached hydrogen (secondary N) is 1. The van der Waals surface area contributed by atoms with E-state index in [1.807, 2.05) is 36.5 Å². The van der Waals surface area contributed by atoms with E-state index in [9.17, 15) is 0 Å². The van der Waals surface area contributed by atoms with Gasteiger partial charge in [-0.2, -0.15) is 0 Å². The number of hydrogen-bond donors (Lipinski definition) is 1. The van der Waals surface area contributed by atoms with Gasteiger partial charge in [-0.05, 0) is 36.8 Å². The molecule has 0 saturated carbocycles. The highest BCUT2D eigenvalue weighted by molar-refractivity contribution is 5.94. The average Bonchev–Trinajstić information content (AvgIpc) is 2.89. The molecule has 0 spiro atoms. The van der Waals surface area contributed by atoms with Crippen LogP contribution in [0.25, 0.3) is 33.3 Å². The minimum Gasteiger partial charge on any atom is -0.338 e. The second kappa shape index (κ2) is 4.17. The van der Waals surface area contributed by atoms with Crippen LogP contribution in [0.2, 0.25) is 0 Å². The zero-order chi connectivity index (χ0) is 13.5. The largest absolute Gasteiger partial charge is 0.338 e. The molecule has 2 aromatic carbocycles. The van der Waals surface area contributed by atoms with Gasteiger partial charge in [-0.25, -0.2) is 4.98 Å². The Bertz CT molecular complexity index is 916. The number of aromatic amines is 1. The number of para-hydroxylation sites is 1. The van der Waals surface area contributed by atoms with Crippen molar-refractivity contribution in [2.45, 2.75) is 6.92 Å². The molecule has 0 aliphatic carbocycles. The molecule has 0 bridgehead atoms. The third-order valence-corrected chi connectivity index (χ3v) is 3.54. The summed E-state index contributed by atoms with van der Waals surface area (Å²) in [7, 11) is 0. The fraction of sp³-hybridized carbons (Fsp3) is 0.0588. The van der Waals surface area contributed by atoms with Crippen molar-refractivity contribution in [1.29, 1.82) is 0 Å². The number of benzene rings is 2. The Morgan fingerprint density at radius 3 is 2.80 bits per heavy atom. The Labute approximate surface area is 116 Å². The molecule has 4 rings (SSSR count). The molecule has 2 aromatic heterocycles. The molecule has 1 N–H and O–H groups in total. The monoisotopic (exact) mass is 259 g/mol. The zero-order valence-corrected chi connectivity index (χ0v) is 11.1. The summed E-state index contributed by atoms with van der Waals surface area (Å²) in [5.74, 6) is 0.893. The lowest BCUT2D eigenvalue weighted by atomic mass is 10.1. The van der Waals surface area contributed by atoms with Gasteiger partial charge < -0.3 is 4.98 Å². The first-order valence-electron chi connectivity index (χ1n) is 6.62. The van der Waals surface area contributed by atoms with E-state index in [-0.39, 0.29) is 0 Å². The summed E-state index contributed by atoms with van der Waals surface area (Å²) in [5, 5.41) is 1.12. The molecule has 0 amide bonds. The number of rotatable bonds is 1. The minimum atomic E-state index is 0.893. The van der Waals surface area contributed by atoms with E-state index in [1.165, 1.54) is 5.56 Å². The van der Waals surface area contributed by atoms with Gasteiger partial charge in [-0.1, -0.05) is 24.3 Å². The van der Waals surface area contributed by atoms with Crippen molar-refractivity contribution in [3.63, 3.8) is 0 Å². The first-order valence-corrected chi connectivity index (χ1v) is 6.62. The number of hydrogen-bond acceptors (Lipinski definition) is 2. The first-order chi connectivity index (χ1) is 9.81. The van der Waals surface area contributed by atoms with Crippen LogP contribution in [-0.2, 0) is 0 Å². The Kier molecular flexibility index (Phi) is 2.33.